The Bertz CT molecular complexity index is 835. The second kappa shape index (κ2) is 9.87. The summed E-state index contributed by atoms with van der Waals surface area (Å²) < 4.78 is 10.3. The molecule has 174 valence electrons. The molecule has 32 heavy (non-hydrogen) atoms. The maximum Gasteiger partial charge on any atom is 0.254 e. The number of nitrogens with one attached hydrogen (secondary N) is 1. The van der Waals surface area contributed by atoms with Gasteiger partial charge >= 0.3 is 0 Å². The zero-order chi connectivity index (χ0) is 22.7. The lowest BCUT2D eigenvalue weighted by Crippen LogP contribution is -2.53. The van der Waals surface area contributed by atoms with Crippen LogP contribution < -0.4 is 10.1 Å². The molecule has 9 heteroatoms. The van der Waals surface area contributed by atoms with Crippen LogP contribution in [0.1, 0.15) is 29.6 Å². The van der Waals surface area contributed by atoms with Crippen molar-refractivity contribution in [2.24, 2.45) is 0 Å². The number of methoxy groups -OCH3 is 2. The van der Waals surface area contributed by atoms with Gasteiger partial charge in [-0.25, -0.2) is 0 Å². The van der Waals surface area contributed by atoms with E-state index in [0.29, 0.717) is 37.4 Å². The fourth-order valence-corrected chi connectivity index (χ4v) is 4.69. The van der Waals surface area contributed by atoms with E-state index < -0.39 is 6.04 Å². The number of rotatable bonds is 7. The van der Waals surface area contributed by atoms with Gasteiger partial charge in [0, 0.05) is 51.4 Å². The van der Waals surface area contributed by atoms with Gasteiger partial charge in [0.15, 0.2) is 0 Å². The summed E-state index contributed by atoms with van der Waals surface area (Å²) in [6, 6.07) is 6.48. The third kappa shape index (κ3) is 4.73. The number of carbonyl (C=O) groups excluding carboxylic acids is 3. The van der Waals surface area contributed by atoms with Crippen molar-refractivity contribution in [2.45, 2.75) is 37.4 Å². The molecule has 1 N–H and O–H groups in total. The van der Waals surface area contributed by atoms with E-state index in [4.69, 9.17) is 9.47 Å². The van der Waals surface area contributed by atoms with Gasteiger partial charge in [-0.3, -0.25) is 14.4 Å². The maximum atomic E-state index is 13.4. The second-order valence-corrected chi connectivity index (χ2v) is 8.63. The van der Waals surface area contributed by atoms with Crippen LogP contribution in [-0.2, 0) is 14.3 Å². The van der Waals surface area contributed by atoms with Crippen molar-refractivity contribution in [1.29, 1.82) is 0 Å². The first-order valence-electron chi connectivity index (χ1n) is 11.3. The Morgan fingerprint density at radius 2 is 1.75 bits per heavy atom. The van der Waals surface area contributed by atoms with Gasteiger partial charge in [0.25, 0.3) is 5.91 Å². The van der Waals surface area contributed by atoms with Gasteiger partial charge in [-0.2, -0.15) is 0 Å². The summed E-state index contributed by atoms with van der Waals surface area (Å²) in [4.78, 5) is 44.9. The van der Waals surface area contributed by atoms with Gasteiger partial charge in [-0.15, -0.1) is 0 Å². The van der Waals surface area contributed by atoms with Crippen LogP contribution in [0.15, 0.2) is 24.3 Å². The molecular formula is C23H32N4O5. The van der Waals surface area contributed by atoms with Crippen LogP contribution in [0.25, 0.3) is 0 Å². The van der Waals surface area contributed by atoms with E-state index in [9.17, 15) is 14.4 Å². The molecule has 3 fully saturated rings. The molecule has 1 saturated carbocycles. The summed E-state index contributed by atoms with van der Waals surface area (Å²) in [5, 5.41) is 3.25. The number of nitrogens with zero attached hydrogens (tertiary/aromatic N) is 3. The molecular weight excluding hydrogens is 412 g/mol. The molecule has 2 heterocycles. The molecule has 1 aliphatic carbocycles. The summed E-state index contributed by atoms with van der Waals surface area (Å²) in [5.74, 6) is 0.384. The summed E-state index contributed by atoms with van der Waals surface area (Å²) >= 11 is 0. The van der Waals surface area contributed by atoms with E-state index in [1.165, 1.54) is 7.11 Å². The summed E-state index contributed by atoms with van der Waals surface area (Å²) in [6.07, 6.45) is 2.35. The highest BCUT2D eigenvalue weighted by molar-refractivity contribution is 5.95. The molecule has 3 amide bonds. The number of carbonyl (C=O) groups is 3. The van der Waals surface area contributed by atoms with Crippen molar-refractivity contribution in [3.8, 4) is 5.75 Å². The van der Waals surface area contributed by atoms with Crippen molar-refractivity contribution in [1.82, 2.24) is 20.0 Å². The average Bonchev–Trinajstić information content (AvgIpc) is 3.56. The normalized spacial score (nSPS) is 23.2. The molecule has 2 unspecified atom stereocenters. The van der Waals surface area contributed by atoms with Crippen LogP contribution in [0, 0.1) is 0 Å². The molecule has 0 bridgehead atoms. The zero-order valence-corrected chi connectivity index (χ0v) is 18.8. The molecule has 2 atom stereocenters. The van der Waals surface area contributed by atoms with Crippen molar-refractivity contribution in [3.05, 3.63) is 29.8 Å². The molecule has 3 aliphatic rings. The number of hydrogen-bond donors (Lipinski definition) is 1. The lowest BCUT2D eigenvalue weighted by molar-refractivity contribution is -0.146. The Morgan fingerprint density at radius 3 is 2.34 bits per heavy atom. The largest absolute Gasteiger partial charge is 0.497 e. The minimum absolute atomic E-state index is 0.0360. The first-order valence-corrected chi connectivity index (χ1v) is 11.3. The minimum Gasteiger partial charge on any atom is -0.497 e. The van der Waals surface area contributed by atoms with Gasteiger partial charge in [0.05, 0.1) is 13.2 Å². The predicted octanol–water partition coefficient (Wildman–Crippen LogP) is 0.348. The molecule has 0 spiro atoms. The minimum atomic E-state index is -0.564. The average molecular weight is 445 g/mol. The van der Waals surface area contributed by atoms with Gasteiger partial charge in [-0.05, 0) is 43.5 Å². The number of hydrogen-bond acceptors (Lipinski definition) is 6. The molecule has 1 aromatic rings. The Morgan fingerprint density at radius 1 is 1.06 bits per heavy atom. The highest BCUT2D eigenvalue weighted by Gasteiger charge is 2.47. The van der Waals surface area contributed by atoms with Crippen LogP contribution in [0.4, 0.5) is 0 Å². The predicted molar refractivity (Wildman–Crippen MR) is 117 cm³/mol. The Labute approximate surface area is 188 Å². The van der Waals surface area contributed by atoms with E-state index in [0.717, 1.165) is 25.9 Å². The smallest absolute Gasteiger partial charge is 0.254 e. The highest BCUT2D eigenvalue weighted by atomic mass is 16.5. The summed E-state index contributed by atoms with van der Waals surface area (Å²) in [6.45, 7) is 3.03. The topological polar surface area (TPSA) is 91.4 Å². The quantitative estimate of drug-likeness (QED) is 0.653. The van der Waals surface area contributed by atoms with E-state index >= 15 is 0 Å². The van der Waals surface area contributed by atoms with Gasteiger partial charge in [-0.1, -0.05) is 0 Å². The fraction of sp³-hybridized carbons (Fsp3) is 0.609. The van der Waals surface area contributed by atoms with Crippen molar-refractivity contribution >= 4 is 17.7 Å². The van der Waals surface area contributed by atoms with Crippen LogP contribution in [0.2, 0.25) is 0 Å². The molecule has 4 rings (SSSR count). The molecule has 0 aromatic heterocycles. The summed E-state index contributed by atoms with van der Waals surface area (Å²) in [5.41, 5.74) is 0.587. The maximum absolute atomic E-state index is 13.4. The zero-order valence-electron chi connectivity index (χ0n) is 18.8. The highest BCUT2D eigenvalue weighted by Crippen LogP contribution is 2.35. The van der Waals surface area contributed by atoms with Crippen LogP contribution in [0.5, 0.6) is 5.75 Å². The molecule has 2 saturated heterocycles. The van der Waals surface area contributed by atoms with Gasteiger partial charge in [0.2, 0.25) is 11.8 Å². The number of likely N-dealkylation sites (tertiary alicyclic amines) is 1. The van der Waals surface area contributed by atoms with E-state index in [2.05, 4.69) is 5.32 Å². The van der Waals surface area contributed by atoms with Crippen molar-refractivity contribution in [2.75, 3.05) is 53.6 Å². The molecule has 9 nitrogen and oxygen atoms in total. The van der Waals surface area contributed by atoms with E-state index in [-0.39, 0.29) is 36.4 Å². The monoisotopic (exact) mass is 444 g/mol. The third-order valence-corrected chi connectivity index (χ3v) is 6.49. The van der Waals surface area contributed by atoms with Gasteiger partial charge in [0.1, 0.15) is 18.4 Å². The van der Waals surface area contributed by atoms with Gasteiger partial charge < -0.3 is 29.5 Å². The summed E-state index contributed by atoms with van der Waals surface area (Å²) in [7, 11) is 3.06. The van der Waals surface area contributed by atoms with Crippen LogP contribution in [-0.4, -0.2) is 104 Å². The molecule has 2 aliphatic heterocycles. The fourth-order valence-electron chi connectivity index (χ4n) is 4.69. The van der Waals surface area contributed by atoms with Crippen molar-refractivity contribution < 1.29 is 23.9 Å². The second-order valence-electron chi connectivity index (χ2n) is 8.63. The van der Waals surface area contributed by atoms with E-state index in [1.807, 2.05) is 9.80 Å². The Kier molecular flexibility index (Phi) is 6.95. The number of benzene rings is 1. The number of amides is 3. The van der Waals surface area contributed by atoms with Crippen LogP contribution >= 0.6 is 0 Å². The first-order chi connectivity index (χ1) is 15.5. The Hall–Kier alpha value is -2.65. The molecule has 0 radical (unpaired) electrons. The third-order valence-electron chi connectivity index (χ3n) is 6.49. The lowest BCUT2D eigenvalue weighted by Gasteiger charge is -2.32. The number of ether oxygens (including phenoxy) is 2. The Balaban J connectivity index is 1.55. The SMILES string of the molecule is COCC(=O)N1CC(N(C(=O)c2ccc(OC)cc2)C2CC2)CC1C(=O)N1CCNCC1. The standard InChI is InChI=1S/C23H32N4O5/c1-31-15-21(28)26-14-18(13-20(26)23(30)25-11-9-24-10-12-25)27(17-5-6-17)22(29)16-3-7-19(32-2)8-4-16/h3-4,7-8,17-18,20,24H,5-6,9-15H2,1-2H3. The first kappa shape index (κ1) is 22.5. The van der Waals surface area contributed by atoms with E-state index in [1.54, 1.807) is 36.3 Å². The number of piperazine rings is 1. The van der Waals surface area contributed by atoms with Crippen molar-refractivity contribution in [3.63, 3.8) is 0 Å². The molecule has 1 aromatic carbocycles. The lowest BCUT2D eigenvalue weighted by atomic mass is 10.1. The van der Waals surface area contributed by atoms with Crippen LogP contribution in [0.3, 0.4) is 0 Å².